The van der Waals surface area contributed by atoms with E-state index in [2.05, 4.69) is 48.5 Å². The van der Waals surface area contributed by atoms with E-state index in [1.807, 2.05) is 6.20 Å². The van der Waals surface area contributed by atoms with Gasteiger partial charge in [-0.15, -0.1) is 0 Å². The summed E-state index contributed by atoms with van der Waals surface area (Å²) in [5.41, 5.74) is 1.77. The van der Waals surface area contributed by atoms with Crippen molar-refractivity contribution in [3.05, 3.63) is 24.0 Å². The van der Waals surface area contributed by atoms with E-state index in [1.54, 1.807) is 0 Å². The first-order valence-corrected chi connectivity index (χ1v) is 6.14. The molecule has 1 atom stereocenters. The lowest BCUT2D eigenvalue weighted by atomic mass is 9.62. The first-order valence-electron chi connectivity index (χ1n) is 6.14. The molecule has 16 heavy (non-hydrogen) atoms. The summed E-state index contributed by atoms with van der Waals surface area (Å²) in [5.74, 6) is 0. The fourth-order valence-electron chi connectivity index (χ4n) is 3.20. The van der Waals surface area contributed by atoms with Gasteiger partial charge in [0, 0.05) is 23.9 Å². The first kappa shape index (κ1) is 11.7. The number of hydrogen-bond donors (Lipinski definition) is 2. The van der Waals surface area contributed by atoms with Gasteiger partial charge in [-0.05, 0) is 46.1 Å². The van der Waals surface area contributed by atoms with Gasteiger partial charge in [0.15, 0.2) is 0 Å². The fourth-order valence-corrected chi connectivity index (χ4v) is 3.20. The summed E-state index contributed by atoms with van der Waals surface area (Å²) in [6.07, 6.45) is 6.05. The molecule has 3 heteroatoms. The van der Waals surface area contributed by atoms with Crippen LogP contribution in [0.15, 0.2) is 18.3 Å². The van der Waals surface area contributed by atoms with E-state index in [-0.39, 0.29) is 0 Å². The molecule has 1 unspecified atom stereocenters. The van der Waals surface area contributed by atoms with Gasteiger partial charge in [0.25, 0.3) is 0 Å². The normalized spacial score (nSPS) is 20.8. The molecule has 0 saturated heterocycles. The van der Waals surface area contributed by atoms with Gasteiger partial charge in [-0.25, -0.2) is 0 Å². The maximum atomic E-state index is 3.38. The van der Waals surface area contributed by atoms with Crippen molar-refractivity contribution in [1.29, 1.82) is 0 Å². The maximum Gasteiger partial charge on any atom is 0.0562 e. The number of nitrogens with one attached hydrogen (secondary N) is 2. The molecule has 0 aliphatic heterocycles. The van der Waals surface area contributed by atoms with Crippen molar-refractivity contribution in [2.75, 3.05) is 27.7 Å². The van der Waals surface area contributed by atoms with Crippen LogP contribution in [-0.2, 0) is 0 Å². The number of nitrogens with zero attached hydrogens (tertiary/aromatic N) is 1. The van der Waals surface area contributed by atoms with Crippen LogP contribution in [0.3, 0.4) is 0 Å². The Hall–Kier alpha value is -0.800. The van der Waals surface area contributed by atoms with Gasteiger partial charge in [-0.3, -0.25) is 0 Å². The summed E-state index contributed by atoms with van der Waals surface area (Å²) in [5, 5.41) is 3.37. The van der Waals surface area contributed by atoms with Crippen LogP contribution >= 0.6 is 0 Å². The molecular weight excluding hydrogens is 198 g/mol. The van der Waals surface area contributed by atoms with Gasteiger partial charge < -0.3 is 15.2 Å². The molecule has 0 bridgehead atoms. The molecule has 0 amide bonds. The van der Waals surface area contributed by atoms with Crippen LogP contribution in [0.5, 0.6) is 0 Å². The van der Waals surface area contributed by atoms with Crippen LogP contribution in [0.2, 0.25) is 0 Å². The van der Waals surface area contributed by atoms with Crippen molar-refractivity contribution in [3.8, 4) is 0 Å². The van der Waals surface area contributed by atoms with E-state index in [0.29, 0.717) is 11.5 Å². The zero-order valence-electron chi connectivity index (χ0n) is 10.6. The van der Waals surface area contributed by atoms with Crippen LogP contribution in [-0.4, -0.2) is 37.6 Å². The van der Waals surface area contributed by atoms with Crippen molar-refractivity contribution in [3.63, 3.8) is 0 Å². The van der Waals surface area contributed by atoms with Gasteiger partial charge in [-0.2, -0.15) is 0 Å². The van der Waals surface area contributed by atoms with E-state index in [1.165, 1.54) is 25.0 Å². The van der Waals surface area contributed by atoms with Crippen molar-refractivity contribution >= 4 is 0 Å². The predicted molar refractivity (Wildman–Crippen MR) is 67.4 cm³/mol. The average Bonchev–Trinajstić information content (AvgIpc) is 2.67. The molecule has 2 N–H and O–H groups in total. The standard InChI is InChI=1S/C13H23N3/c1-14-10-13(7-5-8-13)12(16(2)3)11-6-4-9-15-11/h4,6,9,12,14-15H,5,7-8,10H2,1-3H3. The minimum atomic E-state index is 0.420. The van der Waals surface area contributed by atoms with Crippen LogP contribution in [0.25, 0.3) is 0 Å². The summed E-state index contributed by atoms with van der Waals surface area (Å²) < 4.78 is 0. The Morgan fingerprint density at radius 1 is 1.50 bits per heavy atom. The number of aromatic nitrogens is 1. The molecule has 3 nitrogen and oxygen atoms in total. The quantitative estimate of drug-likeness (QED) is 0.797. The lowest BCUT2D eigenvalue weighted by molar-refractivity contribution is 0.0196. The van der Waals surface area contributed by atoms with Crippen LogP contribution in [0.1, 0.15) is 31.0 Å². The molecule has 0 radical (unpaired) electrons. The summed E-state index contributed by atoms with van der Waals surface area (Å²) in [6.45, 7) is 1.11. The number of hydrogen-bond acceptors (Lipinski definition) is 2. The van der Waals surface area contributed by atoms with Gasteiger partial charge in [-0.1, -0.05) is 6.42 Å². The predicted octanol–water partition coefficient (Wildman–Crippen LogP) is 2.01. The highest BCUT2D eigenvalue weighted by Gasteiger charge is 2.45. The van der Waals surface area contributed by atoms with E-state index in [4.69, 9.17) is 0 Å². The highest BCUT2D eigenvalue weighted by Crippen LogP contribution is 2.51. The lowest BCUT2D eigenvalue weighted by Crippen LogP contribution is -2.48. The second-order valence-electron chi connectivity index (χ2n) is 5.24. The van der Waals surface area contributed by atoms with Crippen LogP contribution in [0, 0.1) is 5.41 Å². The smallest absolute Gasteiger partial charge is 0.0562 e. The summed E-state index contributed by atoms with van der Waals surface area (Å²) >= 11 is 0. The number of rotatable bonds is 5. The van der Waals surface area contributed by atoms with E-state index in [9.17, 15) is 0 Å². The SMILES string of the molecule is CNCC1(C(c2ccc[nH]2)N(C)C)CCC1. The Kier molecular flexibility index (Phi) is 3.36. The molecule has 1 aliphatic carbocycles. The number of H-pyrrole nitrogens is 1. The minimum Gasteiger partial charge on any atom is -0.364 e. The van der Waals surface area contributed by atoms with Crippen molar-refractivity contribution in [2.24, 2.45) is 5.41 Å². The minimum absolute atomic E-state index is 0.420. The topological polar surface area (TPSA) is 31.1 Å². The second kappa shape index (κ2) is 4.60. The van der Waals surface area contributed by atoms with Crippen molar-refractivity contribution in [2.45, 2.75) is 25.3 Å². The van der Waals surface area contributed by atoms with E-state index >= 15 is 0 Å². The Balaban J connectivity index is 2.25. The molecule has 1 heterocycles. The molecule has 0 aromatic carbocycles. The summed E-state index contributed by atoms with van der Waals surface area (Å²) in [6, 6.07) is 4.81. The summed E-state index contributed by atoms with van der Waals surface area (Å²) in [4.78, 5) is 5.73. The Labute approximate surface area is 98.2 Å². The molecule has 1 aromatic heterocycles. The van der Waals surface area contributed by atoms with Crippen molar-refractivity contribution in [1.82, 2.24) is 15.2 Å². The first-order chi connectivity index (χ1) is 7.69. The zero-order valence-corrected chi connectivity index (χ0v) is 10.6. The average molecular weight is 221 g/mol. The Morgan fingerprint density at radius 3 is 2.62 bits per heavy atom. The van der Waals surface area contributed by atoms with Crippen LogP contribution in [0.4, 0.5) is 0 Å². The van der Waals surface area contributed by atoms with E-state index < -0.39 is 0 Å². The largest absolute Gasteiger partial charge is 0.364 e. The molecule has 1 saturated carbocycles. The van der Waals surface area contributed by atoms with Crippen molar-refractivity contribution < 1.29 is 0 Å². The number of aromatic amines is 1. The lowest BCUT2D eigenvalue weighted by Gasteiger charge is -2.50. The molecule has 90 valence electrons. The van der Waals surface area contributed by atoms with Gasteiger partial charge in [0.2, 0.25) is 0 Å². The second-order valence-corrected chi connectivity index (χ2v) is 5.24. The fraction of sp³-hybridized carbons (Fsp3) is 0.692. The van der Waals surface area contributed by atoms with Crippen LogP contribution < -0.4 is 5.32 Å². The Bertz CT molecular complexity index is 312. The highest BCUT2D eigenvalue weighted by molar-refractivity contribution is 5.16. The van der Waals surface area contributed by atoms with Gasteiger partial charge >= 0.3 is 0 Å². The molecular formula is C13H23N3. The molecule has 1 fully saturated rings. The molecule has 0 spiro atoms. The zero-order chi connectivity index (χ0) is 11.6. The van der Waals surface area contributed by atoms with Gasteiger partial charge in [0.05, 0.1) is 6.04 Å². The third-order valence-corrected chi connectivity index (χ3v) is 3.89. The highest BCUT2D eigenvalue weighted by atomic mass is 15.1. The monoisotopic (exact) mass is 221 g/mol. The van der Waals surface area contributed by atoms with E-state index in [0.717, 1.165) is 6.54 Å². The molecule has 1 aliphatic rings. The van der Waals surface area contributed by atoms with Gasteiger partial charge in [0.1, 0.15) is 0 Å². The Morgan fingerprint density at radius 2 is 2.25 bits per heavy atom. The third-order valence-electron chi connectivity index (χ3n) is 3.89. The molecule has 1 aromatic rings. The summed E-state index contributed by atoms with van der Waals surface area (Å²) in [7, 11) is 6.42. The maximum absolute atomic E-state index is 3.38. The third kappa shape index (κ3) is 1.89. The molecule has 2 rings (SSSR count).